The Balaban J connectivity index is 2.09. The molecule has 0 saturated carbocycles. The summed E-state index contributed by atoms with van der Waals surface area (Å²) in [5, 5.41) is 12.8. The molecule has 0 saturated heterocycles. The van der Waals surface area contributed by atoms with Crippen LogP contribution in [-0.4, -0.2) is 44.7 Å². The van der Waals surface area contributed by atoms with E-state index in [0.29, 0.717) is 26.4 Å². The Bertz CT molecular complexity index is 336. The minimum absolute atomic E-state index is 0.328. The molecular formula is C13H20BrNO3. The number of hydrogen-bond acceptors (Lipinski definition) is 4. The molecule has 1 atom stereocenters. The Morgan fingerprint density at radius 2 is 2.22 bits per heavy atom. The predicted molar refractivity (Wildman–Crippen MR) is 74.6 cm³/mol. The molecule has 0 aliphatic rings. The summed E-state index contributed by atoms with van der Waals surface area (Å²) in [6, 6.07) is 8.07. The first-order chi connectivity index (χ1) is 8.72. The summed E-state index contributed by atoms with van der Waals surface area (Å²) in [4.78, 5) is 0. The topological polar surface area (TPSA) is 50.7 Å². The van der Waals surface area contributed by atoms with Crippen molar-refractivity contribution in [2.24, 2.45) is 0 Å². The highest BCUT2D eigenvalue weighted by atomic mass is 79.9. The maximum Gasteiger partial charge on any atom is 0.0897 e. The van der Waals surface area contributed by atoms with Crippen molar-refractivity contribution in [2.75, 3.05) is 33.5 Å². The average Bonchev–Trinajstić information content (AvgIpc) is 2.35. The number of benzene rings is 1. The van der Waals surface area contributed by atoms with Gasteiger partial charge in [0.05, 0.1) is 25.9 Å². The van der Waals surface area contributed by atoms with Gasteiger partial charge in [0.15, 0.2) is 0 Å². The van der Waals surface area contributed by atoms with Crippen molar-refractivity contribution in [2.45, 2.75) is 12.6 Å². The van der Waals surface area contributed by atoms with Crippen LogP contribution in [0, 0.1) is 0 Å². The summed E-state index contributed by atoms with van der Waals surface area (Å²) in [7, 11) is 1.62. The summed E-state index contributed by atoms with van der Waals surface area (Å²) in [5.41, 5.74) is 1.18. The van der Waals surface area contributed by atoms with E-state index in [2.05, 4.69) is 27.3 Å². The molecule has 1 aromatic rings. The van der Waals surface area contributed by atoms with Crippen molar-refractivity contribution in [1.82, 2.24) is 5.32 Å². The molecule has 1 unspecified atom stereocenters. The minimum atomic E-state index is -0.492. The minimum Gasteiger partial charge on any atom is -0.389 e. The van der Waals surface area contributed by atoms with Crippen LogP contribution in [0.1, 0.15) is 5.56 Å². The number of methoxy groups -OCH3 is 1. The van der Waals surface area contributed by atoms with Crippen LogP contribution in [0.5, 0.6) is 0 Å². The summed E-state index contributed by atoms with van der Waals surface area (Å²) >= 11 is 3.42. The third-order valence-electron chi connectivity index (χ3n) is 2.34. The lowest BCUT2D eigenvalue weighted by atomic mass is 10.2. The van der Waals surface area contributed by atoms with Gasteiger partial charge in [-0.25, -0.2) is 0 Å². The van der Waals surface area contributed by atoms with Gasteiger partial charge >= 0.3 is 0 Å². The fourth-order valence-electron chi connectivity index (χ4n) is 1.45. The first kappa shape index (κ1) is 15.6. The van der Waals surface area contributed by atoms with Crippen molar-refractivity contribution < 1.29 is 14.6 Å². The van der Waals surface area contributed by atoms with Crippen LogP contribution in [0.15, 0.2) is 28.7 Å². The number of hydrogen-bond donors (Lipinski definition) is 2. The van der Waals surface area contributed by atoms with Crippen molar-refractivity contribution in [1.29, 1.82) is 0 Å². The maximum atomic E-state index is 9.64. The highest BCUT2D eigenvalue weighted by Gasteiger charge is 2.03. The van der Waals surface area contributed by atoms with Crippen molar-refractivity contribution in [3.63, 3.8) is 0 Å². The van der Waals surface area contributed by atoms with Gasteiger partial charge in [-0.1, -0.05) is 28.1 Å². The summed E-state index contributed by atoms with van der Waals surface area (Å²) in [6.45, 7) is 2.64. The van der Waals surface area contributed by atoms with Crippen LogP contribution in [0.2, 0.25) is 0 Å². The smallest absolute Gasteiger partial charge is 0.0897 e. The number of rotatable bonds is 9. The van der Waals surface area contributed by atoms with Crippen LogP contribution in [-0.2, 0) is 16.0 Å². The van der Waals surface area contributed by atoms with Crippen LogP contribution < -0.4 is 5.32 Å². The molecule has 0 spiro atoms. The highest BCUT2D eigenvalue weighted by Crippen LogP contribution is 2.11. The lowest BCUT2D eigenvalue weighted by Crippen LogP contribution is -2.30. The van der Waals surface area contributed by atoms with Crippen molar-refractivity contribution in [3.8, 4) is 0 Å². The number of nitrogens with one attached hydrogen (secondary N) is 1. The molecule has 0 aliphatic heterocycles. The molecule has 0 heterocycles. The van der Waals surface area contributed by atoms with Crippen LogP contribution in [0.3, 0.4) is 0 Å². The van der Waals surface area contributed by atoms with E-state index in [0.717, 1.165) is 11.0 Å². The zero-order valence-corrected chi connectivity index (χ0v) is 12.1. The SMILES string of the molecule is COCCOCC(O)CNCc1cccc(Br)c1. The molecular weight excluding hydrogens is 298 g/mol. The lowest BCUT2D eigenvalue weighted by molar-refractivity contribution is 0.0137. The second kappa shape index (κ2) is 9.47. The lowest BCUT2D eigenvalue weighted by Gasteiger charge is -2.12. The Labute approximate surface area is 116 Å². The summed E-state index contributed by atoms with van der Waals surface area (Å²) < 4.78 is 11.1. The van der Waals surface area contributed by atoms with E-state index in [4.69, 9.17) is 9.47 Å². The number of aliphatic hydroxyl groups excluding tert-OH is 1. The van der Waals surface area contributed by atoms with Crippen LogP contribution in [0.4, 0.5) is 0 Å². The van der Waals surface area contributed by atoms with E-state index in [1.807, 2.05) is 18.2 Å². The van der Waals surface area contributed by atoms with E-state index in [1.165, 1.54) is 5.56 Å². The quantitative estimate of drug-likeness (QED) is 0.679. The van der Waals surface area contributed by atoms with Gasteiger partial charge in [-0.15, -0.1) is 0 Å². The van der Waals surface area contributed by atoms with Crippen molar-refractivity contribution >= 4 is 15.9 Å². The predicted octanol–water partition coefficient (Wildman–Crippen LogP) is 1.56. The van der Waals surface area contributed by atoms with E-state index < -0.39 is 6.10 Å². The van der Waals surface area contributed by atoms with Crippen LogP contribution >= 0.6 is 15.9 Å². The largest absolute Gasteiger partial charge is 0.389 e. The Morgan fingerprint density at radius 1 is 1.39 bits per heavy atom. The number of aliphatic hydroxyl groups is 1. The molecule has 0 amide bonds. The van der Waals surface area contributed by atoms with Gasteiger partial charge in [-0.2, -0.15) is 0 Å². The summed E-state index contributed by atoms with van der Waals surface area (Å²) in [6.07, 6.45) is -0.492. The molecule has 2 N–H and O–H groups in total. The molecule has 1 aromatic carbocycles. The zero-order chi connectivity index (χ0) is 13.2. The van der Waals surface area contributed by atoms with E-state index in [9.17, 15) is 5.11 Å². The Kier molecular flexibility index (Phi) is 8.20. The molecule has 0 radical (unpaired) electrons. The maximum absolute atomic E-state index is 9.64. The third kappa shape index (κ3) is 7.08. The second-order valence-electron chi connectivity index (χ2n) is 3.98. The average molecular weight is 318 g/mol. The molecule has 4 nitrogen and oxygen atoms in total. The fourth-order valence-corrected chi connectivity index (χ4v) is 1.90. The molecule has 0 aromatic heterocycles. The molecule has 0 bridgehead atoms. The highest BCUT2D eigenvalue weighted by molar-refractivity contribution is 9.10. The number of halogens is 1. The van der Waals surface area contributed by atoms with Gasteiger partial charge in [-0.05, 0) is 17.7 Å². The molecule has 102 valence electrons. The van der Waals surface area contributed by atoms with Crippen molar-refractivity contribution in [3.05, 3.63) is 34.3 Å². The Hall–Kier alpha value is -0.460. The van der Waals surface area contributed by atoms with Gasteiger partial charge in [0, 0.05) is 24.7 Å². The van der Waals surface area contributed by atoms with E-state index in [1.54, 1.807) is 7.11 Å². The van der Waals surface area contributed by atoms with Gasteiger partial charge in [0.2, 0.25) is 0 Å². The standard InChI is InChI=1S/C13H20BrNO3/c1-17-5-6-18-10-13(16)9-15-8-11-3-2-4-12(14)7-11/h2-4,7,13,15-16H,5-6,8-10H2,1H3. The fraction of sp³-hybridized carbons (Fsp3) is 0.538. The van der Waals surface area contributed by atoms with E-state index in [-0.39, 0.29) is 0 Å². The third-order valence-corrected chi connectivity index (χ3v) is 2.83. The van der Waals surface area contributed by atoms with E-state index >= 15 is 0 Å². The molecule has 18 heavy (non-hydrogen) atoms. The first-order valence-corrected chi connectivity index (χ1v) is 6.71. The van der Waals surface area contributed by atoms with Crippen LogP contribution in [0.25, 0.3) is 0 Å². The molecule has 0 fully saturated rings. The molecule has 1 rings (SSSR count). The summed E-state index contributed by atoms with van der Waals surface area (Å²) in [5.74, 6) is 0. The molecule has 5 heteroatoms. The number of ether oxygens (including phenoxy) is 2. The normalized spacial score (nSPS) is 12.6. The van der Waals surface area contributed by atoms with Gasteiger partial charge < -0.3 is 19.9 Å². The van der Waals surface area contributed by atoms with Gasteiger partial charge in [0.1, 0.15) is 0 Å². The zero-order valence-electron chi connectivity index (χ0n) is 10.6. The first-order valence-electron chi connectivity index (χ1n) is 5.92. The second-order valence-corrected chi connectivity index (χ2v) is 4.90. The monoisotopic (exact) mass is 317 g/mol. The van der Waals surface area contributed by atoms with Gasteiger partial charge in [-0.3, -0.25) is 0 Å². The Morgan fingerprint density at radius 3 is 2.94 bits per heavy atom. The molecule has 0 aliphatic carbocycles. The van der Waals surface area contributed by atoms with Gasteiger partial charge in [0.25, 0.3) is 0 Å².